The van der Waals surface area contributed by atoms with Crippen molar-refractivity contribution in [3.05, 3.63) is 122 Å². The predicted molar refractivity (Wildman–Crippen MR) is 358 cm³/mol. The summed E-state index contributed by atoms with van der Waals surface area (Å²) in [5.41, 5.74) is 0. The van der Waals surface area contributed by atoms with Crippen molar-refractivity contribution in [3.8, 4) is 0 Å². The summed E-state index contributed by atoms with van der Waals surface area (Å²) in [4.78, 5) is 51.5. The van der Waals surface area contributed by atoms with E-state index < -0.39 is 67.3 Å². The minimum Gasteiger partial charge on any atom is -0.479 e. The number of rotatable bonds is 58. The molecule has 1 heterocycles. The average molecular weight is 1220 g/mol. The van der Waals surface area contributed by atoms with Gasteiger partial charge in [-0.2, -0.15) is 0 Å². The first-order valence-corrected chi connectivity index (χ1v) is 34.5. The van der Waals surface area contributed by atoms with E-state index in [0.717, 1.165) is 148 Å². The van der Waals surface area contributed by atoms with Crippen molar-refractivity contribution in [1.82, 2.24) is 0 Å². The van der Waals surface area contributed by atoms with Gasteiger partial charge in [0.2, 0.25) is 0 Å². The molecule has 1 fully saturated rings. The summed E-state index contributed by atoms with van der Waals surface area (Å²) in [7, 11) is 0. The van der Waals surface area contributed by atoms with Crippen molar-refractivity contribution in [1.29, 1.82) is 0 Å². The number of carboxylic acid groups (broad SMARTS) is 1. The number of allylic oxidation sites excluding steroid dienone is 20. The molecule has 1 rings (SSSR count). The van der Waals surface area contributed by atoms with Gasteiger partial charge in [0.15, 0.2) is 24.6 Å². The van der Waals surface area contributed by atoms with Gasteiger partial charge < -0.3 is 39.0 Å². The highest BCUT2D eigenvalue weighted by molar-refractivity contribution is 5.74. The number of aliphatic carboxylic acids is 1. The molecule has 0 spiro atoms. The highest BCUT2D eigenvalue weighted by atomic mass is 16.7. The molecule has 12 nitrogen and oxygen atoms in total. The monoisotopic (exact) mass is 1210 g/mol. The van der Waals surface area contributed by atoms with E-state index in [9.17, 15) is 34.5 Å². The number of esters is 3. The summed E-state index contributed by atoms with van der Waals surface area (Å²) < 4.78 is 28.6. The van der Waals surface area contributed by atoms with Gasteiger partial charge in [-0.3, -0.25) is 14.4 Å². The maximum Gasteiger partial charge on any atom is 0.335 e. The van der Waals surface area contributed by atoms with Gasteiger partial charge in [-0.05, 0) is 128 Å². The predicted octanol–water partition coefficient (Wildman–Crippen LogP) is 19.1. The smallest absolute Gasteiger partial charge is 0.335 e. The molecule has 0 aromatic heterocycles. The lowest BCUT2D eigenvalue weighted by molar-refractivity contribution is -0.301. The highest BCUT2D eigenvalue weighted by Crippen LogP contribution is 2.27. The molecule has 0 radical (unpaired) electrons. The van der Waals surface area contributed by atoms with Gasteiger partial charge in [-0.25, -0.2) is 4.79 Å². The zero-order valence-electron chi connectivity index (χ0n) is 54.7. The van der Waals surface area contributed by atoms with Crippen LogP contribution >= 0.6 is 0 Å². The van der Waals surface area contributed by atoms with Crippen LogP contribution in [0.5, 0.6) is 0 Å². The van der Waals surface area contributed by atoms with Gasteiger partial charge >= 0.3 is 23.9 Å². The molecule has 87 heavy (non-hydrogen) atoms. The van der Waals surface area contributed by atoms with Crippen molar-refractivity contribution in [2.24, 2.45) is 0 Å². The number of hydrogen-bond acceptors (Lipinski definition) is 11. The van der Waals surface area contributed by atoms with E-state index in [1.54, 1.807) is 0 Å². The number of aliphatic hydroxyl groups is 2. The number of carbonyl (C=O) groups is 4. The second-order valence-electron chi connectivity index (χ2n) is 23.0. The second kappa shape index (κ2) is 61.4. The fourth-order valence-electron chi connectivity index (χ4n) is 9.79. The molecule has 1 saturated heterocycles. The molecule has 12 heteroatoms. The molecule has 6 atom stereocenters. The van der Waals surface area contributed by atoms with Crippen LogP contribution in [-0.2, 0) is 42.9 Å². The van der Waals surface area contributed by atoms with E-state index in [1.807, 2.05) is 0 Å². The van der Waals surface area contributed by atoms with Crippen molar-refractivity contribution in [2.75, 3.05) is 13.2 Å². The Morgan fingerprint density at radius 2 is 0.724 bits per heavy atom. The standard InChI is InChI=1S/C75H122O12/c1-4-7-10-13-16-19-22-25-28-31-34-37-40-43-46-49-52-55-58-61-67(76)83-64-66(85-68(77)62-59-56-53-50-47-44-41-38-35-32-29-26-23-20-17-14-11-8-5-2)65-84-75-73(71(80)70(79)72(87-75)74(81)82)86-69(78)63-60-57-54-51-48-45-42-39-36-33-30-27-24-21-18-15-12-9-6-3/h7,9-10,12,16,18-19,21,25-30,34,36-37,39,45,48,66,70-73,75,79-80H,4-6,8,11,13-15,17,20,22-24,31-33,35,38,40-44,46-47,49-65H2,1-3H3,(H,81,82)/b10-7-,12-9-,19-16-,21-18-,28-25-,29-26-,30-27-,37-34-,39-36-,48-45-. The summed E-state index contributed by atoms with van der Waals surface area (Å²) >= 11 is 0. The van der Waals surface area contributed by atoms with Crippen LogP contribution in [0.1, 0.15) is 278 Å². The third-order valence-corrected chi connectivity index (χ3v) is 15.0. The first kappa shape index (κ1) is 80.1. The van der Waals surface area contributed by atoms with E-state index >= 15 is 0 Å². The number of unbranched alkanes of at least 4 members (excludes halogenated alkanes) is 24. The molecular formula is C75H122O12. The second-order valence-corrected chi connectivity index (χ2v) is 23.0. The number of carboxylic acids is 1. The minimum absolute atomic E-state index is 0.0143. The third kappa shape index (κ3) is 50.7. The van der Waals surface area contributed by atoms with E-state index in [0.29, 0.717) is 19.3 Å². The Bertz CT molecular complexity index is 1970. The van der Waals surface area contributed by atoms with Crippen LogP contribution in [-0.4, -0.2) is 89.2 Å². The molecule has 0 aromatic carbocycles. The molecule has 3 N–H and O–H groups in total. The Morgan fingerprint density at radius 1 is 0.391 bits per heavy atom. The minimum atomic E-state index is -1.92. The summed E-state index contributed by atoms with van der Waals surface area (Å²) in [5, 5.41) is 31.7. The van der Waals surface area contributed by atoms with Crippen LogP contribution < -0.4 is 0 Å². The Balaban J connectivity index is 2.68. The van der Waals surface area contributed by atoms with Gasteiger partial charge in [0.1, 0.15) is 18.8 Å². The lowest BCUT2D eigenvalue weighted by Gasteiger charge is -2.40. The third-order valence-electron chi connectivity index (χ3n) is 15.0. The summed E-state index contributed by atoms with van der Waals surface area (Å²) in [6.45, 7) is 5.77. The van der Waals surface area contributed by atoms with Crippen LogP contribution in [0.2, 0.25) is 0 Å². The number of carbonyl (C=O) groups excluding carboxylic acids is 3. The molecule has 494 valence electrons. The molecule has 0 saturated carbocycles. The molecule has 0 aliphatic carbocycles. The van der Waals surface area contributed by atoms with Gasteiger partial charge in [0.25, 0.3) is 0 Å². The lowest BCUT2D eigenvalue weighted by atomic mass is 9.98. The summed E-state index contributed by atoms with van der Waals surface area (Å²) in [6, 6.07) is 0. The number of hydrogen-bond donors (Lipinski definition) is 3. The Kier molecular flexibility index (Phi) is 56.5. The first-order valence-electron chi connectivity index (χ1n) is 34.5. The Morgan fingerprint density at radius 3 is 1.13 bits per heavy atom. The normalized spacial score (nSPS) is 18.1. The van der Waals surface area contributed by atoms with Gasteiger partial charge in [-0.15, -0.1) is 0 Å². The van der Waals surface area contributed by atoms with E-state index in [2.05, 4.69) is 142 Å². The van der Waals surface area contributed by atoms with Crippen molar-refractivity contribution >= 4 is 23.9 Å². The summed E-state index contributed by atoms with van der Waals surface area (Å²) in [6.07, 6.45) is 72.9. The quantitative estimate of drug-likeness (QED) is 0.0228. The topological polar surface area (TPSA) is 175 Å². The molecule has 0 aromatic rings. The average Bonchev–Trinajstić information content (AvgIpc) is 2.60. The van der Waals surface area contributed by atoms with Gasteiger partial charge in [0, 0.05) is 19.3 Å². The van der Waals surface area contributed by atoms with E-state index in [4.69, 9.17) is 23.7 Å². The van der Waals surface area contributed by atoms with Crippen LogP contribution in [0.25, 0.3) is 0 Å². The van der Waals surface area contributed by atoms with Crippen molar-refractivity contribution in [2.45, 2.75) is 314 Å². The fourth-order valence-corrected chi connectivity index (χ4v) is 9.79. The van der Waals surface area contributed by atoms with Crippen LogP contribution in [0.15, 0.2) is 122 Å². The van der Waals surface area contributed by atoms with Crippen LogP contribution in [0, 0.1) is 0 Å². The zero-order valence-corrected chi connectivity index (χ0v) is 54.7. The zero-order chi connectivity index (χ0) is 63.1. The van der Waals surface area contributed by atoms with Crippen molar-refractivity contribution < 1.29 is 58.2 Å². The number of ether oxygens (including phenoxy) is 5. The highest BCUT2D eigenvalue weighted by Gasteiger charge is 2.50. The largest absolute Gasteiger partial charge is 0.479 e. The van der Waals surface area contributed by atoms with Crippen LogP contribution in [0.4, 0.5) is 0 Å². The first-order chi connectivity index (χ1) is 42.6. The van der Waals surface area contributed by atoms with Gasteiger partial charge in [-0.1, -0.05) is 251 Å². The Hall–Kier alpha value is -4.88. The summed E-state index contributed by atoms with van der Waals surface area (Å²) in [5.74, 6) is -3.18. The number of aliphatic hydroxyl groups excluding tert-OH is 2. The molecule has 0 amide bonds. The van der Waals surface area contributed by atoms with E-state index in [-0.39, 0.29) is 25.9 Å². The van der Waals surface area contributed by atoms with Crippen LogP contribution in [0.3, 0.4) is 0 Å². The fraction of sp³-hybridized carbons (Fsp3) is 0.680. The van der Waals surface area contributed by atoms with E-state index in [1.165, 1.54) is 70.6 Å². The SMILES string of the molecule is CC/C=C\C/C=C\C/C=C\C/C=C\C/C=C\CCCCCC(=O)OC1C(OCC(COC(=O)CCCCCCCC/C=C\C/C=C\C/C=C\C/C=C\CC)OC(=O)CCCCCCCCCCC/C=C\CCCCCCCC)OC(C(=O)O)C(O)C1O. The maximum absolute atomic E-state index is 13.3. The lowest BCUT2D eigenvalue weighted by Crippen LogP contribution is -2.61. The van der Waals surface area contributed by atoms with Crippen molar-refractivity contribution in [3.63, 3.8) is 0 Å². The molecule has 1 aliphatic rings. The van der Waals surface area contributed by atoms with Gasteiger partial charge in [0.05, 0.1) is 6.61 Å². The molecule has 0 bridgehead atoms. The molecule has 1 aliphatic heterocycles. The molecular weight excluding hydrogens is 1090 g/mol. The maximum atomic E-state index is 13.3. The Labute approximate surface area is 528 Å². The molecule has 6 unspecified atom stereocenters.